The summed E-state index contributed by atoms with van der Waals surface area (Å²) in [4.78, 5) is 18.1. The van der Waals surface area contributed by atoms with Gasteiger partial charge in [-0.05, 0) is 47.3 Å². The third kappa shape index (κ3) is 4.30. The standard InChI is InChI=1S/C15H17O7PS/c1-9(10-2-4-11(16)5-3-10)15(18,19)13-7-6-12(17)8-14(13)24-23(20,21)22/h2-9,16-19H,1H3,(H2,20,21,22). The van der Waals surface area contributed by atoms with Crippen LogP contribution in [0, 0.1) is 0 Å². The van der Waals surface area contributed by atoms with Gasteiger partial charge in [-0.25, -0.2) is 4.57 Å². The van der Waals surface area contributed by atoms with E-state index < -0.39 is 18.5 Å². The van der Waals surface area contributed by atoms with Gasteiger partial charge in [-0.1, -0.05) is 19.1 Å². The van der Waals surface area contributed by atoms with E-state index in [1.807, 2.05) is 0 Å². The van der Waals surface area contributed by atoms with E-state index in [4.69, 9.17) is 9.79 Å². The van der Waals surface area contributed by atoms with E-state index in [1.54, 1.807) is 0 Å². The van der Waals surface area contributed by atoms with Crippen molar-refractivity contribution in [3.8, 4) is 11.5 Å². The Kier molecular flexibility index (Phi) is 5.29. The SMILES string of the molecule is CC(c1ccc(O)cc1)C(O)(O)c1ccc(O)cc1SP(=O)(O)O. The van der Waals surface area contributed by atoms with Crippen molar-refractivity contribution in [1.82, 2.24) is 0 Å². The van der Waals surface area contributed by atoms with Crippen LogP contribution in [0.5, 0.6) is 11.5 Å². The molecule has 6 N–H and O–H groups in total. The summed E-state index contributed by atoms with van der Waals surface area (Å²) >= 11 is 0.130. The van der Waals surface area contributed by atoms with Crippen molar-refractivity contribution in [2.45, 2.75) is 23.5 Å². The maximum Gasteiger partial charge on any atom is 0.388 e. The van der Waals surface area contributed by atoms with Gasteiger partial charge in [0.2, 0.25) is 0 Å². The molecule has 1 atom stereocenters. The second-order valence-corrected chi connectivity index (χ2v) is 8.88. The Bertz CT molecular complexity index is 770. The summed E-state index contributed by atoms with van der Waals surface area (Å²) in [5, 5.41) is 40.0. The summed E-state index contributed by atoms with van der Waals surface area (Å²) in [6, 6.07) is 9.26. The zero-order valence-electron chi connectivity index (χ0n) is 12.6. The summed E-state index contributed by atoms with van der Waals surface area (Å²) in [7, 11) is 0. The molecule has 0 aromatic heterocycles. The predicted molar refractivity (Wildman–Crippen MR) is 88.6 cm³/mol. The Hall–Kier alpha value is -1.54. The normalized spacial score (nSPS) is 13.7. The van der Waals surface area contributed by atoms with Crippen LogP contribution in [-0.2, 0) is 10.4 Å². The molecule has 0 amide bonds. The number of rotatable bonds is 5. The summed E-state index contributed by atoms with van der Waals surface area (Å²) in [6.45, 7) is -3.04. The molecule has 0 fully saturated rings. The molecule has 0 heterocycles. The summed E-state index contributed by atoms with van der Waals surface area (Å²) in [5.74, 6) is -3.57. The molecule has 0 aliphatic heterocycles. The molecule has 0 aliphatic rings. The average Bonchev–Trinajstić information content (AvgIpc) is 2.45. The van der Waals surface area contributed by atoms with Gasteiger partial charge in [0.1, 0.15) is 11.5 Å². The lowest BCUT2D eigenvalue weighted by molar-refractivity contribution is -0.186. The molecule has 0 bridgehead atoms. The van der Waals surface area contributed by atoms with Crippen LogP contribution in [0.15, 0.2) is 47.4 Å². The predicted octanol–water partition coefficient (Wildman–Crippen LogP) is 2.22. The van der Waals surface area contributed by atoms with Crippen LogP contribution in [0.3, 0.4) is 0 Å². The van der Waals surface area contributed by atoms with Crippen molar-refractivity contribution < 1.29 is 34.8 Å². The Morgan fingerprint density at radius 1 is 1.00 bits per heavy atom. The molecule has 7 nitrogen and oxygen atoms in total. The number of aromatic hydroxyl groups is 2. The lowest BCUT2D eigenvalue weighted by Gasteiger charge is -2.31. The van der Waals surface area contributed by atoms with Gasteiger partial charge in [-0.2, -0.15) is 0 Å². The molecule has 0 radical (unpaired) electrons. The number of hydrogen-bond acceptors (Lipinski definition) is 6. The molecule has 0 saturated heterocycles. The van der Waals surface area contributed by atoms with Crippen LogP contribution in [0.25, 0.3) is 0 Å². The van der Waals surface area contributed by atoms with E-state index in [-0.39, 0.29) is 33.3 Å². The van der Waals surface area contributed by atoms with Gasteiger partial charge < -0.3 is 30.2 Å². The van der Waals surface area contributed by atoms with Crippen molar-refractivity contribution in [3.05, 3.63) is 53.6 Å². The van der Waals surface area contributed by atoms with Gasteiger partial charge in [0.05, 0.1) is 0 Å². The van der Waals surface area contributed by atoms with Crippen LogP contribution in [-0.4, -0.2) is 30.2 Å². The molecule has 1 unspecified atom stereocenters. The highest BCUT2D eigenvalue weighted by Crippen LogP contribution is 2.57. The van der Waals surface area contributed by atoms with Gasteiger partial charge in [-0.3, -0.25) is 0 Å². The van der Waals surface area contributed by atoms with E-state index in [2.05, 4.69) is 0 Å². The molecule has 0 saturated carbocycles. The summed E-state index contributed by atoms with van der Waals surface area (Å²) in [6.07, 6.45) is 0. The van der Waals surface area contributed by atoms with Crippen molar-refractivity contribution in [2.24, 2.45) is 0 Å². The number of phenols is 2. The van der Waals surface area contributed by atoms with E-state index in [0.717, 1.165) is 6.07 Å². The molecule has 0 aliphatic carbocycles. The van der Waals surface area contributed by atoms with E-state index in [1.165, 1.54) is 43.3 Å². The van der Waals surface area contributed by atoms with Crippen molar-refractivity contribution in [2.75, 3.05) is 0 Å². The third-order valence-corrected chi connectivity index (χ3v) is 5.65. The lowest BCUT2D eigenvalue weighted by Crippen LogP contribution is -2.32. The number of benzene rings is 2. The quantitative estimate of drug-likeness (QED) is 0.347. The molecule has 0 spiro atoms. The van der Waals surface area contributed by atoms with Gasteiger partial charge in [0.15, 0.2) is 5.79 Å². The smallest absolute Gasteiger partial charge is 0.388 e. The fourth-order valence-corrected chi connectivity index (χ4v) is 4.22. The Morgan fingerprint density at radius 2 is 1.54 bits per heavy atom. The van der Waals surface area contributed by atoms with Crippen molar-refractivity contribution >= 4 is 18.2 Å². The zero-order valence-corrected chi connectivity index (χ0v) is 14.3. The second kappa shape index (κ2) is 6.76. The maximum atomic E-state index is 11.3. The highest BCUT2D eigenvalue weighted by atomic mass is 32.7. The summed E-state index contributed by atoms with van der Waals surface area (Å²) in [5.41, 5.74) is 0.354. The first-order valence-corrected chi connectivity index (χ1v) is 9.86. The fourth-order valence-electron chi connectivity index (χ4n) is 2.25. The van der Waals surface area contributed by atoms with Crippen LogP contribution in [0.4, 0.5) is 0 Å². The second-order valence-electron chi connectivity index (χ2n) is 5.30. The Morgan fingerprint density at radius 3 is 2.08 bits per heavy atom. The van der Waals surface area contributed by atoms with E-state index in [0.29, 0.717) is 5.56 Å². The highest BCUT2D eigenvalue weighted by Gasteiger charge is 2.37. The minimum Gasteiger partial charge on any atom is -0.508 e. The molecule has 130 valence electrons. The van der Waals surface area contributed by atoms with Gasteiger partial charge in [0, 0.05) is 16.4 Å². The minimum atomic E-state index is -4.56. The summed E-state index contributed by atoms with van der Waals surface area (Å²) < 4.78 is 11.3. The topological polar surface area (TPSA) is 138 Å². The molecule has 24 heavy (non-hydrogen) atoms. The highest BCUT2D eigenvalue weighted by molar-refractivity contribution is 8.54. The first-order valence-electron chi connectivity index (χ1n) is 6.83. The van der Waals surface area contributed by atoms with E-state index in [9.17, 15) is 25.0 Å². The first-order chi connectivity index (χ1) is 11.0. The van der Waals surface area contributed by atoms with Crippen LogP contribution in [0.2, 0.25) is 0 Å². The molecular weight excluding hydrogens is 355 g/mol. The molecule has 9 heteroatoms. The average molecular weight is 372 g/mol. The van der Waals surface area contributed by atoms with Gasteiger partial charge in [-0.15, -0.1) is 0 Å². The van der Waals surface area contributed by atoms with Gasteiger partial charge in [0.25, 0.3) is 0 Å². The van der Waals surface area contributed by atoms with E-state index >= 15 is 0 Å². The number of hydrogen-bond donors (Lipinski definition) is 6. The molecule has 2 aromatic carbocycles. The number of aliphatic hydroxyl groups is 2. The van der Waals surface area contributed by atoms with Crippen molar-refractivity contribution in [1.29, 1.82) is 0 Å². The monoisotopic (exact) mass is 372 g/mol. The van der Waals surface area contributed by atoms with Crippen LogP contribution < -0.4 is 0 Å². The van der Waals surface area contributed by atoms with Crippen LogP contribution >= 0.6 is 18.2 Å². The first kappa shape index (κ1) is 18.8. The van der Waals surface area contributed by atoms with Crippen LogP contribution in [0.1, 0.15) is 24.0 Å². The Labute approximate surface area is 142 Å². The number of phenolic OH excluding ortho intramolecular Hbond substituents is 2. The fraction of sp³-hybridized carbons (Fsp3) is 0.200. The molecule has 2 aromatic rings. The molecule has 2 rings (SSSR count). The molecular formula is C15H17O7PS. The van der Waals surface area contributed by atoms with Crippen molar-refractivity contribution in [3.63, 3.8) is 0 Å². The lowest BCUT2D eigenvalue weighted by atomic mass is 9.87. The Balaban J connectivity index is 2.48. The minimum absolute atomic E-state index is 0.0230. The zero-order chi connectivity index (χ0) is 18.1. The maximum absolute atomic E-state index is 11.3. The van der Waals surface area contributed by atoms with Gasteiger partial charge >= 0.3 is 6.80 Å². The third-order valence-electron chi connectivity index (χ3n) is 3.58. The largest absolute Gasteiger partial charge is 0.508 e.